The second-order valence-electron chi connectivity index (χ2n) is 7.67. The van der Waals surface area contributed by atoms with Gasteiger partial charge in [-0.15, -0.1) is 0 Å². The Labute approximate surface area is 177 Å². The van der Waals surface area contributed by atoms with Crippen molar-refractivity contribution in [2.75, 3.05) is 17.2 Å². The Balaban J connectivity index is 1.63. The SMILES string of the molecule is C[SH](C)(=O)Nc1ccccc1CCC(=O)N[C@@H](Cc1coc2ccccc12)B(O)O. The smallest absolute Gasteiger partial charge is 0.464 e. The highest BCUT2D eigenvalue weighted by Crippen LogP contribution is 2.22. The fraction of sp³-hybridized carbons (Fsp3) is 0.286. The van der Waals surface area contributed by atoms with Gasteiger partial charge in [-0.3, -0.25) is 9.00 Å². The molecule has 4 N–H and O–H groups in total. The molecule has 3 rings (SSSR count). The quantitative estimate of drug-likeness (QED) is 0.262. The lowest BCUT2D eigenvalue weighted by Crippen LogP contribution is -2.47. The fourth-order valence-corrected chi connectivity index (χ4v) is 4.12. The van der Waals surface area contributed by atoms with Gasteiger partial charge >= 0.3 is 7.12 Å². The molecule has 0 unspecified atom stereocenters. The Hall–Kier alpha value is -2.62. The normalized spacial score (nSPS) is 13.1. The van der Waals surface area contributed by atoms with Crippen LogP contribution in [0, 0.1) is 0 Å². The number of thiol groups is 1. The van der Waals surface area contributed by atoms with E-state index in [1.54, 1.807) is 18.8 Å². The van der Waals surface area contributed by atoms with Crippen LogP contribution in [0.1, 0.15) is 17.5 Å². The van der Waals surface area contributed by atoms with E-state index in [0.29, 0.717) is 12.0 Å². The first kappa shape index (κ1) is 22.1. The molecular formula is C21H27BN2O5S. The monoisotopic (exact) mass is 430 g/mol. The van der Waals surface area contributed by atoms with Gasteiger partial charge in [-0.05, 0) is 46.2 Å². The number of furan rings is 1. The maximum atomic E-state index is 12.5. The van der Waals surface area contributed by atoms with Gasteiger partial charge in [-0.25, -0.2) is 0 Å². The number of carbonyl (C=O) groups is 1. The van der Waals surface area contributed by atoms with Crippen molar-refractivity contribution in [2.24, 2.45) is 0 Å². The highest BCUT2D eigenvalue weighted by atomic mass is 32.3. The molecule has 0 aliphatic carbocycles. The summed E-state index contributed by atoms with van der Waals surface area (Å²) >= 11 is 0. The summed E-state index contributed by atoms with van der Waals surface area (Å²) in [5, 5.41) is 23.1. The first-order valence-electron chi connectivity index (χ1n) is 9.75. The third kappa shape index (κ3) is 5.95. The van der Waals surface area contributed by atoms with Crippen LogP contribution in [0.5, 0.6) is 0 Å². The van der Waals surface area contributed by atoms with E-state index in [1.165, 1.54) is 0 Å². The van der Waals surface area contributed by atoms with Crippen LogP contribution in [0.3, 0.4) is 0 Å². The van der Waals surface area contributed by atoms with Crippen molar-refractivity contribution in [2.45, 2.75) is 25.2 Å². The van der Waals surface area contributed by atoms with Crippen LogP contribution in [0.25, 0.3) is 11.0 Å². The minimum atomic E-state index is -2.48. The van der Waals surface area contributed by atoms with Gasteiger partial charge in [-0.2, -0.15) is 0 Å². The van der Waals surface area contributed by atoms with Crippen molar-refractivity contribution in [3.05, 3.63) is 65.9 Å². The van der Waals surface area contributed by atoms with Crippen molar-refractivity contribution in [1.82, 2.24) is 5.32 Å². The number of rotatable bonds is 9. The van der Waals surface area contributed by atoms with E-state index in [0.717, 1.165) is 22.2 Å². The molecule has 0 bridgehead atoms. The Morgan fingerprint density at radius 2 is 1.80 bits per heavy atom. The Bertz CT molecular complexity index is 1060. The largest absolute Gasteiger partial charge is 0.475 e. The summed E-state index contributed by atoms with van der Waals surface area (Å²) in [4.78, 5) is 12.5. The molecule has 0 saturated carbocycles. The Kier molecular flexibility index (Phi) is 6.97. The van der Waals surface area contributed by atoms with Crippen LogP contribution >= 0.6 is 0 Å². The zero-order valence-corrected chi connectivity index (χ0v) is 17.9. The minimum absolute atomic E-state index is 0.159. The van der Waals surface area contributed by atoms with Gasteiger partial charge in [-0.1, -0.05) is 36.4 Å². The molecule has 0 aliphatic rings. The van der Waals surface area contributed by atoms with E-state index in [4.69, 9.17) is 4.42 Å². The number of anilines is 1. The molecule has 1 atom stereocenters. The number of hydrogen-bond donors (Lipinski definition) is 5. The molecular weight excluding hydrogens is 403 g/mol. The predicted octanol–water partition coefficient (Wildman–Crippen LogP) is 1.71. The number of para-hydroxylation sites is 2. The van der Waals surface area contributed by atoms with Gasteiger partial charge in [0.1, 0.15) is 5.58 Å². The van der Waals surface area contributed by atoms with Crippen LogP contribution in [0.4, 0.5) is 5.69 Å². The van der Waals surface area contributed by atoms with Crippen LogP contribution < -0.4 is 10.0 Å². The van der Waals surface area contributed by atoms with E-state index in [2.05, 4.69) is 10.0 Å². The van der Waals surface area contributed by atoms with E-state index in [1.807, 2.05) is 48.5 Å². The third-order valence-corrected chi connectivity index (χ3v) is 5.52. The van der Waals surface area contributed by atoms with Crippen LogP contribution in [-0.2, 0) is 27.8 Å². The molecule has 0 fully saturated rings. The zero-order valence-electron chi connectivity index (χ0n) is 17.0. The topological polar surface area (TPSA) is 112 Å². The van der Waals surface area contributed by atoms with Gasteiger partial charge in [0.2, 0.25) is 5.91 Å². The molecule has 30 heavy (non-hydrogen) atoms. The van der Waals surface area contributed by atoms with E-state index in [9.17, 15) is 19.1 Å². The van der Waals surface area contributed by atoms with Crippen molar-refractivity contribution in [3.63, 3.8) is 0 Å². The lowest BCUT2D eigenvalue weighted by atomic mass is 9.76. The number of benzene rings is 2. The molecule has 7 nitrogen and oxygen atoms in total. The number of fused-ring (bicyclic) bond motifs is 1. The van der Waals surface area contributed by atoms with Crippen molar-refractivity contribution >= 4 is 39.8 Å². The lowest BCUT2D eigenvalue weighted by Gasteiger charge is -2.20. The minimum Gasteiger partial charge on any atom is -0.464 e. The van der Waals surface area contributed by atoms with Gasteiger partial charge in [0, 0.05) is 30.0 Å². The maximum absolute atomic E-state index is 12.5. The summed E-state index contributed by atoms with van der Waals surface area (Å²) < 4.78 is 20.6. The van der Waals surface area contributed by atoms with Gasteiger partial charge in [0.25, 0.3) is 0 Å². The van der Waals surface area contributed by atoms with E-state index in [-0.39, 0.29) is 18.7 Å². The van der Waals surface area contributed by atoms with E-state index >= 15 is 0 Å². The highest BCUT2D eigenvalue weighted by molar-refractivity contribution is 8.02. The predicted molar refractivity (Wildman–Crippen MR) is 122 cm³/mol. The summed E-state index contributed by atoms with van der Waals surface area (Å²) in [6, 6.07) is 14.9. The number of aryl methyl sites for hydroxylation is 1. The van der Waals surface area contributed by atoms with Crippen LogP contribution in [0.2, 0.25) is 0 Å². The molecule has 0 spiro atoms. The zero-order chi connectivity index (χ0) is 21.7. The lowest BCUT2D eigenvalue weighted by molar-refractivity contribution is -0.121. The van der Waals surface area contributed by atoms with E-state index < -0.39 is 23.2 Å². The molecule has 0 aliphatic heterocycles. The molecule has 2 aromatic carbocycles. The fourth-order valence-electron chi connectivity index (χ4n) is 3.32. The van der Waals surface area contributed by atoms with Crippen molar-refractivity contribution in [1.29, 1.82) is 0 Å². The molecule has 3 aromatic rings. The molecule has 160 valence electrons. The van der Waals surface area contributed by atoms with Crippen molar-refractivity contribution in [3.8, 4) is 0 Å². The average molecular weight is 430 g/mol. The Morgan fingerprint density at radius 3 is 2.53 bits per heavy atom. The first-order chi connectivity index (χ1) is 14.2. The summed E-state index contributed by atoms with van der Waals surface area (Å²) in [5.41, 5.74) is 3.11. The number of amides is 1. The first-order valence-corrected chi connectivity index (χ1v) is 12.3. The summed E-state index contributed by atoms with van der Waals surface area (Å²) in [6.45, 7) is 0. The molecule has 9 heteroatoms. The second kappa shape index (κ2) is 9.46. The molecule has 1 amide bonds. The molecule has 1 heterocycles. The van der Waals surface area contributed by atoms with Crippen LogP contribution in [0.15, 0.2) is 59.2 Å². The summed E-state index contributed by atoms with van der Waals surface area (Å²) in [7, 11) is -4.18. The molecule has 0 saturated heterocycles. The molecule has 0 radical (unpaired) electrons. The molecule has 1 aromatic heterocycles. The Morgan fingerprint density at radius 1 is 1.10 bits per heavy atom. The maximum Gasteiger partial charge on any atom is 0.475 e. The second-order valence-corrected chi connectivity index (χ2v) is 10.6. The van der Waals surface area contributed by atoms with Gasteiger partial charge < -0.3 is 24.5 Å². The highest BCUT2D eigenvalue weighted by Gasteiger charge is 2.27. The summed E-state index contributed by atoms with van der Waals surface area (Å²) in [5.74, 6) is -1.16. The van der Waals surface area contributed by atoms with Gasteiger partial charge in [0.15, 0.2) is 0 Å². The average Bonchev–Trinajstić information content (AvgIpc) is 3.08. The van der Waals surface area contributed by atoms with Crippen molar-refractivity contribution < 1.29 is 23.5 Å². The van der Waals surface area contributed by atoms with Gasteiger partial charge in [0.05, 0.1) is 12.2 Å². The number of hydrogen-bond acceptors (Lipinski definition) is 5. The standard InChI is InChI=1S/C21H27BN2O5S/c1-30(2,28)24-18-9-5-3-7-15(18)11-12-21(25)23-20(22(26)27)13-16-14-29-19-10-6-4-8-17(16)19/h3-10,14,20,26-27,30H,11-13H2,1-2H3,(H,23,25)(H,24,28)/t20-/m0/s1. The van der Waals surface area contributed by atoms with Crippen LogP contribution in [-0.4, -0.2) is 45.7 Å². The summed E-state index contributed by atoms with van der Waals surface area (Å²) in [6.07, 6.45) is 5.67. The third-order valence-electron chi connectivity index (χ3n) is 4.74. The number of nitrogens with one attached hydrogen (secondary N) is 2. The number of carbonyl (C=O) groups excluding carboxylic acids is 1.